The maximum Gasteiger partial charge on any atom is 0.305 e. The number of fused-ring (bicyclic) bond motifs is 1. The fourth-order valence-corrected chi connectivity index (χ4v) is 3.40. The zero-order valence-electron chi connectivity index (χ0n) is 18.7. The Labute approximate surface area is 192 Å². The molecule has 1 aliphatic rings. The number of nitrogens with zero attached hydrogens (tertiary/aromatic N) is 2. The van der Waals surface area contributed by atoms with Crippen LogP contribution in [0.25, 0.3) is 0 Å². The molecule has 33 heavy (non-hydrogen) atoms. The van der Waals surface area contributed by atoms with Crippen LogP contribution < -0.4 is 9.47 Å². The van der Waals surface area contributed by atoms with Gasteiger partial charge in [0, 0.05) is 25.9 Å². The second kappa shape index (κ2) is 11.8. The Bertz CT molecular complexity index is 971. The summed E-state index contributed by atoms with van der Waals surface area (Å²) in [7, 11) is 1.31. The number of esters is 1. The molecule has 1 aliphatic heterocycles. The number of benzene rings is 1. The van der Waals surface area contributed by atoms with Crippen LogP contribution in [0.1, 0.15) is 30.6 Å². The molecule has 0 unspecified atom stereocenters. The molecule has 0 aliphatic carbocycles. The Morgan fingerprint density at radius 1 is 1.06 bits per heavy atom. The molecule has 0 radical (unpaired) electrons. The van der Waals surface area contributed by atoms with Gasteiger partial charge in [0.1, 0.15) is 12.3 Å². The van der Waals surface area contributed by atoms with Gasteiger partial charge in [-0.3, -0.25) is 14.4 Å². The summed E-state index contributed by atoms with van der Waals surface area (Å²) >= 11 is 0. The minimum absolute atomic E-state index is 0.117. The number of furan rings is 1. The maximum absolute atomic E-state index is 13.3. The van der Waals surface area contributed by atoms with E-state index in [1.165, 1.54) is 12.0 Å². The van der Waals surface area contributed by atoms with E-state index >= 15 is 0 Å². The van der Waals surface area contributed by atoms with Crippen molar-refractivity contribution in [1.82, 2.24) is 9.80 Å². The van der Waals surface area contributed by atoms with Crippen molar-refractivity contribution in [3.63, 3.8) is 0 Å². The fraction of sp³-hybridized carbons (Fsp3) is 0.375. The zero-order chi connectivity index (χ0) is 23.6. The van der Waals surface area contributed by atoms with Gasteiger partial charge in [-0.15, -0.1) is 6.58 Å². The van der Waals surface area contributed by atoms with Crippen molar-refractivity contribution in [3.8, 4) is 11.5 Å². The van der Waals surface area contributed by atoms with Gasteiger partial charge < -0.3 is 28.4 Å². The monoisotopic (exact) mass is 456 g/mol. The lowest BCUT2D eigenvalue weighted by atomic mass is 10.1. The van der Waals surface area contributed by atoms with E-state index in [2.05, 4.69) is 11.3 Å². The van der Waals surface area contributed by atoms with Gasteiger partial charge in [0.05, 0.1) is 19.9 Å². The second-order valence-corrected chi connectivity index (χ2v) is 7.51. The molecule has 2 heterocycles. The molecule has 0 atom stereocenters. The van der Waals surface area contributed by atoms with Crippen LogP contribution in [-0.2, 0) is 32.2 Å². The van der Waals surface area contributed by atoms with Gasteiger partial charge in [0.2, 0.25) is 18.6 Å². The third-order valence-electron chi connectivity index (χ3n) is 5.12. The number of hydrogen-bond donors (Lipinski definition) is 0. The Morgan fingerprint density at radius 3 is 2.61 bits per heavy atom. The van der Waals surface area contributed by atoms with Gasteiger partial charge in [0.15, 0.2) is 11.5 Å². The van der Waals surface area contributed by atoms with Crippen LogP contribution in [-0.4, -0.2) is 54.6 Å². The van der Waals surface area contributed by atoms with Crippen LogP contribution >= 0.6 is 0 Å². The molecule has 2 aromatic rings. The lowest BCUT2D eigenvalue weighted by molar-refractivity contribution is -0.142. The first-order valence-electron chi connectivity index (χ1n) is 10.6. The average Bonchev–Trinajstić information content (AvgIpc) is 3.49. The smallest absolute Gasteiger partial charge is 0.305 e. The fourth-order valence-electron chi connectivity index (χ4n) is 3.40. The largest absolute Gasteiger partial charge is 0.469 e. The lowest BCUT2D eigenvalue weighted by Gasteiger charge is -2.27. The average molecular weight is 456 g/mol. The summed E-state index contributed by atoms with van der Waals surface area (Å²) in [4.78, 5) is 40.3. The molecule has 0 N–H and O–H groups in total. The Hall–Kier alpha value is -3.75. The molecule has 176 valence electrons. The molecule has 2 amide bonds. The van der Waals surface area contributed by atoms with Gasteiger partial charge >= 0.3 is 5.97 Å². The first kappa shape index (κ1) is 23.9. The molecule has 9 heteroatoms. The van der Waals surface area contributed by atoms with E-state index in [9.17, 15) is 14.4 Å². The number of hydrogen-bond acceptors (Lipinski definition) is 7. The van der Waals surface area contributed by atoms with Gasteiger partial charge in [-0.1, -0.05) is 12.1 Å². The topological polar surface area (TPSA) is 98.5 Å². The normalized spacial score (nSPS) is 11.7. The van der Waals surface area contributed by atoms with E-state index in [0.717, 1.165) is 5.56 Å². The molecule has 1 aromatic carbocycles. The van der Waals surface area contributed by atoms with Gasteiger partial charge in [0.25, 0.3) is 0 Å². The van der Waals surface area contributed by atoms with Gasteiger partial charge in [-0.05, 0) is 36.2 Å². The van der Waals surface area contributed by atoms with Crippen LogP contribution in [0.5, 0.6) is 11.5 Å². The molecule has 0 bridgehead atoms. The SMILES string of the molecule is C=CCN(CC(=O)N(Cc1ccc2c(c1)OCO2)Cc1ccco1)C(=O)CCCC(=O)OC. The van der Waals surface area contributed by atoms with E-state index in [-0.39, 0.29) is 57.1 Å². The summed E-state index contributed by atoms with van der Waals surface area (Å²) < 4.78 is 20.8. The first-order valence-corrected chi connectivity index (χ1v) is 10.6. The van der Waals surface area contributed by atoms with Crippen molar-refractivity contribution >= 4 is 17.8 Å². The van der Waals surface area contributed by atoms with Crippen LogP contribution in [0, 0.1) is 0 Å². The van der Waals surface area contributed by atoms with Crippen LogP contribution in [0.4, 0.5) is 0 Å². The van der Waals surface area contributed by atoms with Gasteiger partial charge in [-0.25, -0.2) is 0 Å². The number of carbonyl (C=O) groups excluding carboxylic acids is 3. The molecule has 9 nitrogen and oxygen atoms in total. The highest BCUT2D eigenvalue weighted by Gasteiger charge is 2.23. The van der Waals surface area contributed by atoms with Crippen molar-refractivity contribution in [1.29, 1.82) is 0 Å². The summed E-state index contributed by atoms with van der Waals surface area (Å²) in [6.45, 7) is 4.51. The molecule has 0 saturated carbocycles. The van der Waals surface area contributed by atoms with E-state index in [1.54, 1.807) is 29.4 Å². The van der Waals surface area contributed by atoms with E-state index in [0.29, 0.717) is 30.2 Å². The Kier molecular flexibility index (Phi) is 8.51. The van der Waals surface area contributed by atoms with Crippen molar-refractivity contribution in [3.05, 3.63) is 60.6 Å². The molecule has 3 rings (SSSR count). The number of rotatable bonds is 12. The van der Waals surface area contributed by atoms with E-state index in [1.807, 2.05) is 18.2 Å². The number of carbonyl (C=O) groups is 3. The van der Waals surface area contributed by atoms with Crippen LogP contribution in [0.3, 0.4) is 0 Å². The Balaban J connectivity index is 1.68. The highest BCUT2D eigenvalue weighted by molar-refractivity contribution is 5.85. The quantitative estimate of drug-likeness (QED) is 0.358. The number of ether oxygens (including phenoxy) is 3. The van der Waals surface area contributed by atoms with Crippen molar-refractivity contribution in [2.75, 3.05) is 27.0 Å². The summed E-state index contributed by atoms with van der Waals surface area (Å²) in [5.74, 6) is 1.08. The Morgan fingerprint density at radius 2 is 1.88 bits per heavy atom. The standard InChI is InChI=1S/C24H28N2O7/c1-3-11-25(22(27)7-4-8-24(29)30-2)16-23(28)26(15-19-6-5-12-31-19)14-18-9-10-20-21(13-18)33-17-32-20/h3,5-6,9-10,12-13H,1,4,7-8,11,14-17H2,2H3. The molecule has 0 spiro atoms. The summed E-state index contributed by atoms with van der Waals surface area (Å²) in [6.07, 6.45) is 3.75. The van der Waals surface area contributed by atoms with Crippen LogP contribution in [0.2, 0.25) is 0 Å². The van der Waals surface area contributed by atoms with Crippen molar-refractivity contribution < 1.29 is 33.0 Å². The highest BCUT2D eigenvalue weighted by atomic mass is 16.7. The summed E-state index contributed by atoms with van der Waals surface area (Å²) in [5, 5.41) is 0. The van der Waals surface area contributed by atoms with Crippen molar-refractivity contribution in [2.24, 2.45) is 0 Å². The molecule has 0 fully saturated rings. The molecular weight excluding hydrogens is 428 g/mol. The van der Waals surface area contributed by atoms with Crippen LogP contribution in [0.15, 0.2) is 53.7 Å². The predicted molar refractivity (Wildman–Crippen MR) is 118 cm³/mol. The lowest BCUT2D eigenvalue weighted by Crippen LogP contribution is -2.42. The highest BCUT2D eigenvalue weighted by Crippen LogP contribution is 2.33. The van der Waals surface area contributed by atoms with Crippen molar-refractivity contribution in [2.45, 2.75) is 32.4 Å². The maximum atomic E-state index is 13.3. The molecule has 0 saturated heterocycles. The predicted octanol–water partition coefficient (Wildman–Crippen LogP) is 2.90. The first-order chi connectivity index (χ1) is 16.0. The molecular formula is C24H28N2O7. The summed E-state index contributed by atoms with van der Waals surface area (Å²) in [5.41, 5.74) is 0.860. The minimum Gasteiger partial charge on any atom is -0.469 e. The molecule has 1 aromatic heterocycles. The minimum atomic E-state index is -0.373. The van der Waals surface area contributed by atoms with E-state index in [4.69, 9.17) is 13.9 Å². The van der Waals surface area contributed by atoms with Gasteiger partial charge in [-0.2, -0.15) is 0 Å². The van der Waals surface area contributed by atoms with E-state index < -0.39 is 0 Å². The second-order valence-electron chi connectivity index (χ2n) is 7.51. The number of methoxy groups -OCH3 is 1. The summed E-state index contributed by atoms with van der Waals surface area (Å²) in [6, 6.07) is 9.06. The third kappa shape index (κ3) is 6.86. The number of amides is 2. The third-order valence-corrected chi connectivity index (χ3v) is 5.12. The zero-order valence-corrected chi connectivity index (χ0v) is 18.7.